The van der Waals surface area contributed by atoms with Gasteiger partial charge in [-0.15, -0.1) is 5.10 Å². The van der Waals surface area contributed by atoms with E-state index < -0.39 is 0 Å². The summed E-state index contributed by atoms with van der Waals surface area (Å²) in [5.41, 5.74) is 1.65. The maximum atomic E-state index is 5.52. The number of hydrogen-bond donors (Lipinski definition) is 0. The minimum atomic E-state index is 0.690. The van der Waals surface area contributed by atoms with Crippen LogP contribution in [0.1, 0.15) is 12.8 Å². The summed E-state index contributed by atoms with van der Waals surface area (Å²) in [6.45, 7) is 4.39. The molecule has 0 unspecified atom stereocenters. The molecule has 8 heteroatoms. The maximum absolute atomic E-state index is 5.52. The molecule has 2 aliphatic rings. The molecule has 2 saturated heterocycles. The topological polar surface area (TPSA) is 63.6 Å². The van der Waals surface area contributed by atoms with Crippen LogP contribution in [-0.2, 0) is 0 Å². The highest BCUT2D eigenvalue weighted by Gasteiger charge is 2.27. The van der Waals surface area contributed by atoms with Crippen LogP contribution in [0.25, 0.3) is 11.3 Å². The van der Waals surface area contributed by atoms with Gasteiger partial charge in [-0.05, 0) is 25.0 Å². The third kappa shape index (κ3) is 4.17. The van der Waals surface area contributed by atoms with Crippen LogP contribution in [0.2, 0.25) is 0 Å². The first kappa shape index (κ1) is 19.3. The summed E-state index contributed by atoms with van der Waals surface area (Å²) < 4.78 is 10.8. The number of nitrogens with zero attached hydrogens (tertiary/aromatic N) is 5. The lowest BCUT2D eigenvalue weighted by Gasteiger charge is -2.39. The van der Waals surface area contributed by atoms with E-state index in [4.69, 9.17) is 14.5 Å². The van der Waals surface area contributed by atoms with Crippen molar-refractivity contribution in [2.75, 3.05) is 56.8 Å². The summed E-state index contributed by atoms with van der Waals surface area (Å²) in [7, 11) is 3.29. The molecule has 28 heavy (non-hydrogen) atoms. The van der Waals surface area contributed by atoms with Crippen LogP contribution in [-0.4, -0.2) is 78.0 Å². The summed E-state index contributed by atoms with van der Waals surface area (Å²) in [5.74, 6) is 4.69. The molecule has 2 aromatic rings. The number of ether oxygens (including phenoxy) is 2. The summed E-state index contributed by atoms with van der Waals surface area (Å²) in [4.78, 5) is 9.69. The Morgan fingerprint density at radius 3 is 2.54 bits per heavy atom. The zero-order valence-corrected chi connectivity index (χ0v) is 17.3. The second-order valence-electron chi connectivity index (χ2n) is 7.07. The second-order valence-corrected chi connectivity index (χ2v) is 8.30. The van der Waals surface area contributed by atoms with Gasteiger partial charge in [-0.3, -0.25) is 4.90 Å². The van der Waals surface area contributed by atoms with E-state index in [2.05, 4.69) is 31.8 Å². The molecule has 0 amide bonds. The number of methoxy groups -OCH3 is 2. The van der Waals surface area contributed by atoms with Gasteiger partial charge < -0.3 is 14.4 Å². The minimum Gasteiger partial charge on any atom is -0.497 e. The first-order valence-electron chi connectivity index (χ1n) is 9.77. The molecule has 150 valence electrons. The van der Waals surface area contributed by atoms with Crippen molar-refractivity contribution >= 4 is 17.7 Å². The highest BCUT2D eigenvalue weighted by Crippen LogP contribution is 2.32. The molecule has 2 aliphatic heterocycles. The number of aromatic nitrogens is 3. The second kappa shape index (κ2) is 8.96. The molecule has 1 aromatic heterocycles. The molecule has 0 spiro atoms. The molecule has 1 aromatic carbocycles. The van der Waals surface area contributed by atoms with Gasteiger partial charge >= 0.3 is 0 Å². The largest absolute Gasteiger partial charge is 0.497 e. The van der Waals surface area contributed by atoms with Crippen molar-refractivity contribution < 1.29 is 9.47 Å². The molecular weight excluding hydrogens is 374 g/mol. The standard InChI is InChI=1S/C20H27N5O2S/c1-26-16-3-4-17(19(13-16)27-2)18-14-21-23-20(22-18)25-7-5-15(6-8-25)24-9-11-28-12-10-24/h3-4,13-15H,5-12H2,1-2H3. The van der Waals surface area contributed by atoms with Crippen molar-refractivity contribution in [2.24, 2.45) is 0 Å². The molecule has 0 aliphatic carbocycles. The highest BCUT2D eigenvalue weighted by atomic mass is 32.2. The zero-order chi connectivity index (χ0) is 19.3. The predicted octanol–water partition coefficient (Wildman–Crippen LogP) is 2.57. The lowest BCUT2D eigenvalue weighted by atomic mass is 10.0. The number of rotatable bonds is 5. The Kier molecular flexibility index (Phi) is 6.17. The van der Waals surface area contributed by atoms with E-state index in [0.717, 1.165) is 42.9 Å². The van der Waals surface area contributed by atoms with Gasteiger partial charge in [0, 0.05) is 55.4 Å². The van der Waals surface area contributed by atoms with Crippen LogP contribution in [0.5, 0.6) is 11.5 Å². The summed E-state index contributed by atoms with van der Waals surface area (Å²) in [6.07, 6.45) is 4.00. The van der Waals surface area contributed by atoms with Gasteiger partial charge in [0.25, 0.3) is 0 Å². The van der Waals surface area contributed by atoms with E-state index in [9.17, 15) is 0 Å². The van der Waals surface area contributed by atoms with Crippen molar-refractivity contribution in [1.82, 2.24) is 20.1 Å². The normalized spacial score (nSPS) is 18.9. The van der Waals surface area contributed by atoms with Gasteiger partial charge in [0.2, 0.25) is 5.95 Å². The lowest BCUT2D eigenvalue weighted by molar-refractivity contribution is 0.185. The van der Waals surface area contributed by atoms with Gasteiger partial charge in [0.15, 0.2) is 0 Å². The Balaban J connectivity index is 1.47. The van der Waals surface area contributed by atoms with E-state index in [1.807, 2.05) is 18.2 Å². The highest BCUT2D eigenvalue weighted by molar-refractivity contribution is 7.99. The van der Waals surface area contributed by atoms with Crippen molar-refractivity contribution in [3.05, 3.63) is 24.4 Å². The average molecular weight is 402 g/mol. The number of thioether (sulfide) groups is 1. The van der Waals surface area contributed by atoms with E-state index in [1.54, 1.807) is 20.4 Å². The Hall–Kier alpha value is -2.06. The Morgan fingerprint density at radius 1 is 1.04 bits per heavy atom. The fraction of sp³-hybridized carbons (Fsp3) is 0.550. The number of anilines is 1. The molecular formula is C20H27N5O2S. The molecule has 0 radical (unpaired) electrons. The van der Waals surface area contributed by atoms with Crippen molar-refractivity contribution in [3.8, 4) is 22.8 Å². The lowest BCUT2D eigenvalue weighted by Crippen LogP contribution is -2.48. The fourth-order valence-electron chi connectivity index (χ4n) is 3.94. The number of piperidine rings is 1. The van der Waals surface area contributed by atoms with Crippen molar-refractivity contribution in [2.45, 2.75) is 18.9 Å². The van der Waals surface area contributed by atoms with Crippen LogP contribution in [0, 0.1) is 0 Å². The van der Waals surface area contributed by atoms with E-state index in [-0.39, 0.29) is 0 Å². The van der Waals surface area contributed by atoms with Crippen LogP contribution in [0.4, 0.5) is 5.95 Å². The smallest absolute Gasteiger partial charge is 0.245 e. The summed E-state index contributed by atoms with van der Waals surface area (Å²) in [5, 5.41) is 8.51. The monoisotopic (exact) mass is 401 g/mol. The Bertz CT molecular complexity index is 792. The summed E-state index contributed by atoms with van der Waals surface area (Å²) >= 11 is 2.07. The van der Waals surface area contributed by atoms with Crippen LogP contribution >= 0.6 is 11.8 Å². The molecule has 4 rings (SSSR count). The fourth-order valence-corrected chi connectivity index (χ4v) is 4.87. The Labute approximate surface area is 170 Å². The molecule has 2 fully saturated rings. The van der Waals surface area contributed by atoms with E-state index in [1.165, 1.54) is 24.6 Å². The molecule has 0 bridgehead atoms. The van der Waals surface area contributed by atoms with Gasteiger partial charge in [-0.2, -0.15) is 16.9 Å². The average Bonchev–Trinajstić information content (AvgIpc) is 2.79. The quantitative estimate of drug-likeness (QED) is 0.758. The maximum Gasteiger partial charge on any atom is 0.245 e. The first-order chi connectivity index (χ1) is 13.8. The van der Waals surface area contributed by atoms with Gasteiger partial charge in [0.05, 0.1) is 26.1 Å². The van der Waals surface area contributed by atoms with Crippen LogP contribution in [0.15, 0.2) is 24.4 Å². The third-order valence-corrected chi connectivity index (χ3v) is 6.48. The molecule has 0 saturated carbocycles. The van der Waals surface area contributed by atoms with Crippen molar-refractivity contribution in [3.63, 3.8) is 0 Å². The van der Waals surface area contributed by atoms with Crippen LogP contribution in [0.3, 0.4) is 0 Å². The van der Waals surface area contributed by atoms with E-state index in [0.29, 0.717) is 17.7 Å². The minimum absolute atomic E-state index is 0.690. The number of benzene rings is 1. The predicted molar refractivity (Wildman–Crippen MR) is 113 cm³/mol. The van der Waals surface area contributed by atoms with E-state index >= 15 is 0 Å². The van der Waals surface area contributed by atoms with Gasteiger partial charge in [-0.25, -0.2) is 4.98 Å². The molecule has 0 N–H and O–H groups in total. The van der Waals surface area contributed by atoms with Crippen molar-refractivity contribution in [1.29, 1.82) is 0 Å². The third-order valence-electron chi connectivity index (χ3n) is 5.54. The van der Waals surface area contributed by atoms with Crippen LogP contribution < -0.4 is 14.4 Å². The molecule has 0 atom stereocenters. The SMILES string of the molecule is COc1ccc(-c2cnnc(N3CCC(N4CCSCC4)CC3)n2)c(OC)c1. The molecule has 3 heterocycles. The van der Waals surface area contributed by atoms with Gasteiger partial charge in [0.1, 0.15) is 11.5 Å². The molecule has 7 nitrogen and oxygen atoms in total. The first-order valence-corrected chi connectivity index (χ1v) is 10.9. The zero-order valence-electron chi connectivity index (χ0n) is 16.5. The van der Waals surface area contributed by atoms with Gasteiger partial charge in [-0.1, -0.05) is 0 Å². The Morgan fingerprint density at radius 2 is 1.82 bits per heavy atom. The summed E-state index contributed by atoms with van der Waals surface area (Å²) in [6, 6.07) is 6.41. The number of hydrogen-bond acceptors (Lipinski definition) is 8.